The van der Waals surface area contributed by atoms with Crippen molar-refractivity contribution in [1.82, 2.24) is 15.3 Å². The fraction of sp³-hybridized carbons (Fsp3) is 0.688. The Balaban J connectivity index is 1.89. The number of halogens is 1. The molecule has 1 aliphatic rings. The van der Waals surface area contributed by atoms with Gasteiger partial charge in [0.2, 0.25) is 11.2 Å². The number of carbonyl (C=O) groups excluding carboxylic acids is 1. The Morgan fingerprint density at radius 3 is 2.74 bits per heavy atom. The number of nitrogens with zero attached hydrogens (tertiary/aromatic N) is 2. The predicted molar refractivity (Wildman–Crippen MR) is 87.8 cm³/mol. The van der Waals surface area contributed by atoms with Crippen molar-refractivity contribution >= 4 is 17.7 Å². The number of alkyl carbamates (subject to hydrolysis) is 1. The van der Waals surface area contributed by atoms with Gasteiger partial charge in [0.25, 0.3) is 0 Å². The number of hydrogen-bond donors (Lipinski definition) is 1. The molecule has 23 heavy (non-hydrogen) atoms. The van der Waals surface area contributed by atoms with Gasteiger partial charge in [-0.1, -0.05) is 0 Å². The number of rotatable bonds is 3. The molecule has 2 atom stereocenters. The van der Waals surface area contributed by atoms with Crippen molar-refractivity contribution in [2.45, 2.75) is 71.1 Å². The lowest BCUT2D eigenvalue weighted by Gasteiger charge is -2.30. The summed E-state index contributed by atoms with van der Waals surface area (Å²) >= 11 is 5.85. The maximum absolute atomic E-state index is 11.9. The van der Waals surface area contributed by atoms with Crippen LogP contribution in [0.5, 0.6) is 5.88 Å². The monoisotopic (exact) mass is 341 g/mol. The minimum absolute atomic E-state index is 0.00551. The molecule has 0 spiro atoms. The first-order valence-electron chi connectivity index (χ1n) is 7.88. The van der Waals surface area contributed by atoms with Gasteiger partial charge in [0, 0.05) is 24.2 Å². The van der Waals surface area contributed by atoms with Crippen LogP contribution in [-0.4, -0.2) is 33.8 Å². The summed E-state index contributed by atoms with van der Waals surface area (Å²) in [6.07, 6.45) is 3.15. The van der Waals surface area contributed by atoms with Crippen molar-refractivity contribution in [3.63, 3.8) is 0 Å². The quantitative estimate of drug-likeness (QED) is 0.849. The highest BCUT2D eigenvalue weighted by molar-refractivity contribution is 6.28. The average Bonchev–Trinajstić information content (AvgIpc) is 2.35. The Kier molecular flexibility index (Phi) is 5.68. The van der Waals surface area contributed by atoms with E-state index in [4.69, 9.17) is 21.1 Å². The molecule has 0 saturated heterocycles. The number of amides is 1. The summed E-state index contributed by atoms with van der Waals surface area (Å²) in [5.41, 5.74) is 0.267. The Hall–Kier alpha value is -1.56. The zero-order chi connectivity index (χ0) is 17.0. The molecule has 0 aromatic carbocycles. The maximum Gasteiger partial charge on any atom is 0.407 e. The van der Waals surface area contributed by atoms with Crippen LogP contribution in [0, 0.1) is 6.92 Å². The van der Waals surface area contributed by atoms with Gasteiger partial charge in [-0.15, -0.1) is 0 Å². The van der Waals surface area contributed by atoms with E-state index in [9.17, 15) is 4.79 Å². The minimum Gasteiger partial charge on any atom is -0.474 e. The van der Waals surface area contributed by atoms with E-state index in [2.05, 4.69) is 15.3 Å². The largest absolute Gasteiger partial charge is 0.474 e. The summed E-state index contributed by atoms with van der Waals surface area (Å²) in [6.45, 7) is 7.38. The maximum atomic E-state index is 11.9. The zero-order valence-electron chi connectivity index (χ0n) is 14.1. The highest BCUT2D eigenvalue weighted by atomic mass is 35.5. The molecule has 1 aromatic heterocycles. The minimum atomic E-state index is -0.496. The Morgan fingerprint density at radius 2 is 2.09 bits per heavy atom. The second kappa shape index (κ2) is 7.34. The summed E-state index contributed by atoms with van der Waals surface area (Å²) < 4.78 is 11.2. The smallest absolute Gasteiger partial charge is 0.407 e. The molecule has 6 nitrogen and oxygen atoms in total. The fourth-order valence-electron chi connectivity index (χ4n) is 2.59. The third-order valence-corrected chi connectivity index (χ3v) is 3.61. The first-order chi connectivity index (χ1) is 10.7. The number of carbonyl (C=O) groups is 1. The van der Waals surface area contributed by atoms with E-state index >= 15 is 0 Å². The van der Waals surface area contributed by atoms with Crippen molar-refractivity contribution in [2.24, 2.45) is 0 Å². The summed E-state index contributed by atoms with van der Waals surface area (Å²) in [5.74, 6) is 0.477. The first kappa shape index (κ1) is 17.8. The fourth-order valence-corrected chi connectivity index (χ4v) is 2.81. The highest BCUT2D eigenvalue weighted by Crippen LogP contribution is 2.24. The van der Waals surface area contributed by atoms with Gasteiger partial charge >= 0.3 is 6.09 Å². The molecule has 2 rings (SSSR count). The lowest BCUT2D eigenvalue weighted by molar-refractivity contribution is 0.0461. The van der Waals surface area contributed by atoms with Gasteiger partial charge < -0.3 is 14.8 Å². The highest BCUT2D eigenvalue weighted by Gasteiger charge is 2.26. The van der Waals surface area contributed by atoms with Gasteiger partial charge in [0.1, 0.15) is 11.7 Å². The molecule has 1 N–H and O–H groups in total. The van der Waals surface area contributed by atoms with E-state index < -0.39 is 5.60 Å². The van der Waals surface area contributed by atoms with Crippen LogP contribution in [0.3, 0.4) is 0 Å². The van der Waals surface area contributed by atoms with E-state index in [1.54, 1.807) is 6.07 Å². The molecule has 2 unspecified atom stereocenters. The molecular weight excluding hydrogens is 318 g/mol. The second-order valence-electron chi connectivity index (χ2n) is 6.87. The van der Waals surface area contributed by atoms with Gasteiger partial charge in [-0.25, -0.2) is 9.78 Å². The van der Waals surface area contributed by atoms with Crippen molar-refractivity contribution in [3.8, 4) is 5.88 Å². The van der Waals surface area contributed by atoms with Crippen LogP contribution >= 0.6 is 11.6 Å². The van der Waals surface area contributed by atoms with Gasteiger partial charge in [-0.05, 0) is 58.6 Å². The Bertz CT molecular complexity index is 540. The van der Waals surface area contributed by atoms with Crippen LogP contribution < -0.4 is 10.1 Å². The van der Waals surface area contributed by atoms with Crippen LogP contribution in [0.25, 0.3) is 0 Å². The van der Waals surface area contributed by atoms with Gasteiger partial charge in [0.15, 0.2) is 0 Å². The molecule has 1 aliphatic carbocycles. The zero-order valence-corrected chi connectivity index (χ0v) is 14.8. The summed E-state index contributed by atoms with van der Waals surface area (Å²) in [6, 6.07) is 1.80. The molecule has 0 aliphatic heterocycles. The summed E-state index contributed by atoms with van der Waals surface area (Å²) in [7, 11) is 0. The van der Waals surface area contributed by atoms with E-state index in [0.29, 0.717) is 5.88 Å². The SMILES string of the molecule is Cc1cc(OC2CCCC(NC(=O)OC(C)(C)C)C2)nc(Cl)n1. The number of aromatic nitrogens is 2. The molecule has 1 saturated carbocycles. The van der Waals surface area contributed by atoms with Crippen molar-refractivity contribution < 1.29 is 14.3 Å². The summed E-state index contributed by atoms with van der Waals surface area (Å²) in [5, 5.41) is 3.09. The predicted octanol–water partition coefficient (Wildman–Crippen LogP) is 3.65. The second-order valence-corrected chi connectivity index (χ2v) is 7.20. The lowest BCUT2D eigenvalue weighted by Crippen LogP contribution is -2.43. The van der Waals surface area contributed by atoms with Crippen LogP contribution in [0.15, 0.2) is 6.07 Å². The number of nitrogens with one attached hydrogen (secondary N) is 1. The number of hydrogen-bond acceptors (Lipinski definition) is 5. The molecular formula is C16H24ClN3O3. The van der Waals surface area contributed by atoms with E-state index in [1.165, 1.54) is 0 Å². The van der Waals surface area contributed by atoms with Crippen molar-refractivity contribution in [1.29, 1.82) is 0 Å². The topological polar surface area (TPSA) is 73.3 Å². The van der Waals surface area contributed by atoms with Gasteiger partial charge in [-0.2, -0.15) is 4.98 Å². The third kappa shape index (κ3) is 6.22. The van der Waals surface area contributed by atoms with Crippen molar-refractivity contribution in [3.05, 3.63) is 17.0 Å². The molecule has 7 heteroatoms. The van der Waals surface area contributed by atoms with Crippen LogP contribution in [0.4, 0.5) is 4.79 Å². The van der Waals surface area contributed by atoms with Crippen LogP contribution in [0.2, 0.25) is 5.28 Å². The van der Waals surface area contributed by atoms with Crippen molar-refractivity contribution in [2.75, 3.05) is 0 Å². The Labute approximate surface area is 141 Å². The van der Waals surface area contributed by atoms with E-state index in [-0.39, 0.29) is 23.5 Å². The molecule has 1 amide bonds. The molecule has 1 fully saturated rings. The van der Waals surface area contributed by atoms with E-state index in [0.717, 1.165) is 31.4 Å². The average molecular weight is 342 g/mol. The van der Waals surface area contributed by atoms with Gasteiger partial charge in [-0.3, -0.25) is 0 Å². The van der Waals surface area contributed by atoms with Crippen LogP contribution in [-0.2, 0) is 4.74 Å². The van der Waals surface area contributed by atoms with Crippen LogP contribution in [0.1, 0.15) is 52.1 Å². The number of ether oxygens (including phenoxy) is 2. The molecule has 1 aromatic rings. The Morgan fingerprint density at radius 1 is 1.35 bits per heavy atom. The van der Waals surface area contributed by atoms with E-state index in [1.807, 2.05) is 27.7 Å². The molecule has 0 radical (unpaired) electrons. The summed E-state index contributed by atoms with van der Waals surface area (Å²) in [4.78, 5) is 20.0. The third-order valence-electron chi connectivity index (χ3n) is 3.44. The molecule has 0 bridgehead atoms. The lowest BCUT2D eigenvalue weighted by atomic mass is 9.93. The number of aryl methyl sites for hydroxylation is 1. The standard InChI is InChI=1S/C16H24ClN3O3/c1-10-8-13(20-14(17)18-10)22-12-7-5-6-11(9-12)19-15(21)23-16(2,3)4/h8,11-12H,5-7,9H2,1-4H3,(H,19,21). The molecule has 128 valence electrons. The molecule has 1 heterocycles. The first-order valence-corrected chi connectivity index (χ1v) is 8.26. The normalized spacial score (nSPS) is 21.6. The van der Waals surface area contributed by atoms with Gasteiger partial charge in [0.05, 0.1) is 0 Å².